The van der Waals surface area contributed by atoms with Gasteiger partial charge in [-0.15, -0.1) is 0 Å². The number of rotatable bonds is 5. The molecular formula is C17H26BNO4. The highest BCUT2D eigenvalue weighted by Gasteiger charge is 2.54. The number of aromatic nitrogens is 1. The van der Waals surface area contributed by atoms with Crippen molar-refractivity contribution in [2.75, 3.05) is 6.61 Å². The Morgan fingerprint density at radius 2 is 1.91 bits per heavy atom. The summed E-state index contributed by atoms with van der Waals surface area (Å²) in [5, 5.41) is 0. The predicted molar refractivity (Wildman–Crippen MR) is 89.0 cm³/mol. The molecule has 1 aromatic rings. The molecule has 0 amide bonds. The third-order valence-corrected chi connectivity index (χ3v) is 4.61. The van der Waals surface area contributed by atoms with E-state index in [1.54, 1.807) is 13.1 Å². The molecule has 2 rings (SSSR count). The molecule has 1 aromatic heterocycles. The summed E-state index contributed by atoms with van der Waals surface area (Å²) in [7, 11) is -0.529. The Morgan fingerprint density at radius 3 is 2.43 bits per heavy atom. The maximum absolute atomic E-state index is 12.0. The van der Waals surface area contributed by atoms with Crippen molar-refractivity contribution in [2.45, 2.75) is 65.0 Å². The Kier molecular flexibility index (Phi) is 5.16. The quantitative estimate of drug-likeness (QED) is 0.617. The maximum Gasteiger partial charge on any atom is 0.468 e. The second-order valence-electron chi connectivity index (χ2n) is 7.00. The molecule has 23 heavy (non-hydrogen) atoms. The molecule has 0 saturated carbocycles. The molecule has 0 spiro atoms. The Balaban J connectivity index is 2.29. The fraction of sp³-hybridized carbons (Fsp3) is 0.647. The lowest BCUT2D eigenvalue weighted by molar-refractivity contribution is -0.143. The van der Waals surface area contributed by atoms with Crippen molar-refractivity contribution in [3.8, 4) is 0 Å². The highest BCUT2D eigenvalue weighted by Crippen LogP contribution is 2.41. The minimum Gasteiger partial charge on any atom is -0.466 e. The molecule has 0 aliphatic carbocycles. The van der Waals surface area contributed by atoms with Crippen LogP contribution in [0, 0.1) is 6.92 Å². The molecule has 1 atom stereocenters. The summed E-state index contributed by atoms with van der Waals surface area (Å²) in [6.07, 6.45) is 1.93. The van der Waals surface area contributed by atoms with E-state index in [1.165, 1.54) is 0 Å². The zero-order valence-corrected chi connectivity index (χ0v) is 14.9. The third-order valence-electron chi connectivity index (χ3n) is 4.61. The largest absolute Gasteiger partial charge is 0.468 e. The molecule has 1 fully saturated rings. The predicted octanol–water partition coefficient (Wildman–Crippen LogP) is 3.06. The van der Waals surface area contributed by atoms with Crippen molar-refractivity contribution in [1.82, 2.24) is 4.98 Å². The molecule has 5 nitrogen and oxygen atoms in total. The smallest absolute Gasteiger partial charge is 0.466 e. The number of aryl methyl sites for hydroxylation is 1. The van der Waals surface area contributed by atoms with Gasteiger partial charge in [-0.3, -0.25) is 9.78 Å². The van der Waals surface area contributed by atoms with Gasteiger partial charge in [0.25, 0.3) is 0 Å². The summed E-state index contributed by atoms with van der Waals surface area (Å²) in [4.78, 5) is 16.5. The van der Waals surface area contributed by atoms with Gasteiger partial charge in [-0.1, -0.05) is 0 Å². The average Bonchev–Trinajstić information content (AvgIpc) is 2.65. The van der Waals surface area contributed by atoms with Crippen LogP contribution in [-0.2, 0) is 18.8 Å². The van der Waals surface area contributed by atoms with Crippen molar-refractivity contribution in [3.05, 3.63) is 29.6 Å². The van der Waals surface area contributed by atoms with Crippen LogP contribution in [0.2, 0.25) is 0 Å². The van der Waals surface area contributed by atoms with Gasteiger partial charge >= 0.3 is 13.1 Å². The minimum atomic E-state index is -0.529. The fourth-order valence-electron chi connectivity index (χ4n) is 2.55. The lowest BCUT2D eigenvalue weighted by atomic mass is 9.67. The monoisotopic (exact) mass is 319 g/mol. The van der Waals surface area contributed by atoms with Crippen LogP contribution in [0.15, 0.2) is 18.3 Å². The van der Waals surface area contributed by atoms with Gasteiger partial charge in [0.1, 0.15) is 0 Å². The van der Waals surface area contributed by atoms with Crippen LogP contribution in [0.5, 0.6) is 0 Å². The van der Waals surface area contributed by atoms with Crippen LogP contribution < -0.4 is 0 Å². The molecule has 126 valence electrons. The standard InChI is InChI=1S/C17H26BNO4/c1-7-21-15(20)11-13(14-10-12(2)8-9-19-14)18-22-16(3,4)17(5,6)23-18/h8-10,13H,7,11H2,1-6H3. The van der Waals surface area contributed by atoms with Gasteiger partial charge < -0.3 is 14.0 Å². The molecule has 0 radical (unpaired) electrons. The van der Waals surface area contributed by atoms with Crippen molar-refractivity contribution in [3.63, 3.8) is 0 Å². The molecule has 1 aliphatic heterocycles. The van der Waals surface area contributed by atoms with Crippen LogP contribution >= 0.6 is 0 Å². The molecule has 1 unspecified atom stereocenters. The average molecular weight is 319 g/mol. The Hall–Kier alpha value is -1.40. The van der Waals surface area contributed by atoms with E-state index in [1.807, 2.05) is 46.8 Å². The molecule has 0 bridgehead atoms. The van der Waals surface area contributed by atoms with Crippen LogP contribution in [0.1, 0.15) is 58.1 Å². The van der Waals surface area contributed by atoms with Crippen LogP contribution in [-0.4, -0.2) is 35.9 Å². The van der Waals surface area contributed by atoms with Gasteiger partial charge in [-0.05, 0) is 59.2 Å². The first-order chi connectivity index (χ1) is 10.7. The van der Waals surface area contributed by atoms with Gasteiger partial charge in [0, 0.05) is 17.7 Å². The summed E-state index contributed by atoms with van der Waals surface area (Å²) >= 11 is 0. The van der Waals surface area contributed by atoms with E-state index >= 15 is 0 Å². The van der Waals surface area contributed by atoms with Gasteiger partial charge in [-0.2, -0.15) is 0 Å². The topological polar surface area (TPSA) is 57.7 Å². The lowest BCUT2D eigenvalue weighted by Crippen LogP contribution is -2.41. The van der Waals surface area contributed by atoms with E-state index < -0.39 is 18.3 Å². The number of pyridine rings is 1. The molecule has 1 aliphatic rings. The highest BCUT2D eigenvalue weighted by atomic mass is 16.7. The number of hydrogen-bond donors (Lipinski definition) is 0. The Labute approximate surface area is 138 Å². The number of hydrogen-bond acceptors (Lipinski definition) is 5. The number of ether oxygens (including phenoxy) is 1. The summed E-state index contributed by atoms with van der Waals surface area (Å²) in [6.45, 7) is 12.1. The molecule has 1 saturated heterocycles. The lowest BCUT2D eigenvalue weighted by Gasteiger charge is -2.32. The highest BCUT2D eigenvalue weighted by molar-refractivity contribution is 6.48. The van der Waals surface area contributed by atoms with E-state index in [2.05, 4.69) is 4.98 Å². The first-order valence-electron chi connectivity index (χ1n) is 8.10. The van der Waals surface area contributed by atoms with Crippen molar-refractivity contribution in [2.24, 2.45) is 0 Å². The van der Waals surface area contributed by atoms with E-state index in [0.29, 0.717) is 6.61 Å². The Bertz CT molecular complexity index is 557. The van der Waals surface area contributed by atoms with E-state index in [9.17, 15) is 4.79 Å². The van der Waals surface area contributed by atoms with Gasteiger partial charge in [0.05, 0.1) is 24.2 Å². The van der Waals surface area contributed by atoms with Crippen molar-refractivity contribution in [1.29, 1.82) is 0 Å². The van der Waals surface area contributed by atoms with Crippen molar-refractivity contribution >= 4 is 13.1 Å². The van der Waals surface area contributed by atoms with E-state index in [4.69, 9.17) is 14.0 Å². The summed E-state index contributed by atoms with van der Waals surface area (Å²) in [5.74, 6) is -0.564. The van der Waals surface area contributed by atoms with E-state index in [0.717, 1.165) is 11.3 Å². The Morgan fingerprint density at radius 1 is 1.30 bits per heavy atom. The zero-order valence-electron chi connectivity index (χ0n) is 14.9. The number of carbonyl (C=O) groups is 1. The normalized spacial score (nSPS) is 20.3. The zero-order chi connectivity index (χ0) is 17.3. The van der Waals surface area contributed by atoms with Gasteiger partial charge in [0.2, 0.25) is 0 Å². The summed E-state index contributed by atoms with van der Waals surface area (Å²) < 4.78 is 17.4. The maximum atomic E-state index is 12.0. The number of carbonyl (C=O) groups excluding carboxylic acids is 1. The number of nitrogens with zero attached hydrogens (tertiary/aromatic N) is 1. The number of esters is 1. The molecule has 6 heteroatoms. The SMILES string of the molecule is CCOC(=O)CC(B1OC(C)(C)C(C)(C)O1)c1cc(C)ccn1. The third kappa shape index (κ3) is 3.93. The minimum absolute atomic E-state index is 0.182. The second-order valence-corrected chi connectivity index (χ2v) is 7.00. The van der Waals surface area contributed by atoms with Crippen LogP contribution in [0.4, 0.5) is 0 Å². The second kappa shape index (κ2) is 6.61. The van der Waals surface area contributed by atoms with Crippen LogP contribution in [0.25, 0.3) is 0 Å². The van der Waals surface area contributed by atoms with Crippen molar-refractivity contribution < 1.29 is 18.8 Å². The van der Waals surface area contributed by atoms with Crippen LogP contribution in [0.3, 0.4) is 0 Å². The van der Waals surface area contributed by atoms with Gasteiger partial charge in [-0.25, -0.2) is 0 Å². The first kappa shape index (κ1) is 18.0. The molecule has 0 N–H and O–H groups in total. The molecule has 2 heterocycles. The molecule has 0 aromatic carbocycles. The van der Waals surface area contributed by atoms with E-state index in [-0.39, 0.29) is 18.2 Å². The van der Waals surface area contributed by atoms with Gasteiger partial charge in [0.15, 0.2) is 0 Å². The first-order valence-corrected chi connectivity index (χ1v) is 8.10. The summed E-state index contributed by atoms with van der Waals surface area (Å²) in [6, 6.07) is 3.89. The summed E-state index contributed by atoms with van der Waals surface area (Å²) in [5.41, 5.74) is 0.972. The molecular weight excluding hydrogens is 293 g/mol. The fourth-order valence-corrected chi connectivity index (χ4v) is 2.55.